The van der Waals surface area contributed by atoms with E-state index in [0.717, 1.165) is 47.4 Å². The SMILES string of the molecule is CCC(=O)N(CCC1CCCN1C)n1cc(-c2ccc(Oc3ccccc3)cc2)c2c(N)ncnc21. The molecular weight excluding hydrogens is 452 g/mol. The Kier molecular flexibility index (Phi) is 6.86. The number of fused-ring (bicyclic) bond motifs is 1. The Morgan fingerprint density at radius 1 is 1.11 bits per heavy atom. The summed E-state index contributed by atoms with van der Waals surface area (Å²) in [7, 11) is 2.16. The number of aromatic nitrogens is 3. The lowest BCUT2D eigenvalue weighted by Gasteiger charge is -2.27. The van der Waals surface area contributed by atoms with Crippen molar-refractivity contribution >= 4 is 22.8 Å². The average molecular weight is 485 g/mol. The normalized spacial score (nSPS) is 15.9. The van der Waals surface area contributed by atoms with Gasteiger partial charge >= 0.3 is 0 Å². The number of hydrogen-bond donors (Lipinski definition) is 1. The first-order chi connectivity index (χ1) is 17.5. The van der Waals surface area contributed by atoms with Crippen LogP contribution in [-0.2, 0) is 4.79 Å². The maximum atomic E-state index is 13.1. The van der Waals surface area contributed by atoms with Crippen LogP contribution in [0.15, 0.2) is 67.1 Å². The molecule has 1 saturated heterocycles. The monoisotopic (exact) mass is 484 g/mol. The second-order valence-electron chi connectivity index (χ2n) is 9.22. The van der Waals surface area contributed by atoms with Gasteiger partial charge in [-0.05, 0) is 62.7 Å². The molecule has 186 valence electrons. The van der Waals surface area contributed by atoms with Gasteiger partial charge in [-0.25, -0.2) is 19.7 Å². The second kappa shape index (κ2) is 10.4. The molecule has 8 heteroatoms. The minimum absolute atomic E-state index is 0.0443. The van der Waals surface area contributed by atoms with Gasteiger partial charge in [0.05, 0.1) is 5.39 Å². The van der Waals surface area contributed by atoms with E-state index < -0.39 is 0 Å². The van der Waals surface area contributed by atoms with Crippen molar-refractivity contribution < 1.29 is 9.53 Å². The number of hydrogen-bond acceptors (Lipinski definition) is 6. The molecule has 2 aromatic carbocycles. The van der Waals surface area contributed by atoms with Crippen molar-refractivity contribution in [2.24, 2.45) is 0 Å². The number of carbonyl (C=O) groups is 1. The van der Waals surface area contributed by atoms with Crippen LogP contribution >= 0.6 is 0 Å². The van der Waals surface area contributed by atoms with Crippen molar-refractivity contribution in [3.05, 3.63) is 67.1 Å². The summed E-state index contributed by atoms with van der Waals surface area (Å²) in [6.07, 6.45) is 7.08. The molecule has 1 atom stereocenters. The van der Waals surface area contributed by atoms with Gasteiger partial charge in [0, 0.05) is 30.8 Å². The van der Waals surface area contributed by atoms with Gasteiger partial charge < -0.3 is 15.4 Å². The first-order valence-electron chi connectivity index (χ1n) is 12.5. The molecule has 1 aliphatic rings. The van der Waals surface area contributed by atoms with Gasteiger partial charge in [-0.2, -0.15) is 0 Å². The number of benzene rings is 2. The van der Waals surface area contributed by atoms with Crippen molar-refractivity contribution in [3.63, 3.8) is 0 Å². The predicted octanol–water partition coefficient (Wildman–Crippen LogP) is 4.83. The zero-order valence-corrected chi connectivity index (χ0v) is 20.8. The number of anilines is 1. The number of nitrogens with two attached hydrogens (primary N) is 1. The van der Waals surface area contributed by atoms with Crippen LogP contribution in [0, 0.1) is 0 Å². The van der Waals surface area contributed by atoms with Crippen LogP contribution in [-0.4, -0.2) is 51.6 Å². The molecule has 0 spiro atoms. The van der Waals surface area contributed by atoms with E-state index in [1.807, 2.05) is 72.4 Å². The van der Waals surface area contributed by atoms with E-state index in [9.17, 15) is 4.79 Å². The van der Waals surface area contributed by atoms with E-state index in [1.54, 1.807) is 5.01 Å². The molecule has 0 aliphatic carbocycles. The highest BCUT2D eigenvalue weighted by molar-refractivity contribution is 6.02. The van der Waals surface area contributed by atoms with Gasteiger partial charge in [0.15, 0.2) is 5.65 Å². The molecule has 1 unspecified atom stereocenters. The Labute approximate surface area is 211 Å². The fourth-order valence-electron chi connectivity index (χ4n) is 4.95. The Balaban J connectivity index is 1.49. The smallest absolute Gasteiger partial charge is 0.241 e. The van der Waals surface area contributed by atoms with Crippen LogP contribution in [0.2, 0.25) is 0 Å². The first-order valence-corrected chi connectivity index (χ1v) is 12.5. The number of rotatable bonds is 8. The maximum absolute atomic E-state index is 13.1. The molecule has 1 amide bonds. The van der Waals surface area contributed by atoms with Crippen LogP contribution < -0.4 is 15.5 Å². The van der Waals surface area contributed by atoms with Crippen molar-refractivity contribution in [2.45, 2.75) is 38.6 Å². The fourth-order valence-corrected chi connectivity index (χ4v) is 4.95. The largest absolute Gasteiger partial charge is 0.457 e. The highest BCUT2D eigenvalue weighted by Gasteiger charge is 2.25. The van der Waals surface area contributed by atoms with Gasteiger partial charge in [0.1, 0.15) is 23.6 Å². The Morgan fingerprint density at radius 3 is 2.56 bits per heavy atom. The third-order valence-corrected chi connectivity index (χ3v) is 6.93. The fraction of sp³-hybridized carbons (Fsp3) is 0.321. The Bertz CT molecular complexity index is 1340. The van der Waals surface area contributed by atoms with Gasteiger partial charge in [0.2, 0.25) is 5.91 Å². The van der Waals surface area contributed by atoms with E-state index in [1.165, 1.54) is 12.7 Å². The predicted molar refractivity (Wildman–Crippen MR) is 143 cm³/mol. The molecule has 4 aromatic rings. The number of nitrogen functional groups attached to an aromatic ring is 1. The van der Waals surface area contributed by atoms with E-state index >= 15 is 0 Å². The van der Waals surface area contributed by atoms with Gasteiger partial charge in [-0.15, -0.1) is 0 Å². The molecule has 0 saturated carbocycles. The van der Waals surface area contributed by atoms with Crippen LogP contribution in [0.4, 0.5) is 5.82 Å². The molecule has 8 nitrogen and oxygen atoms in total. The number of amides is 1. The molecule has 36 heavy (non-hydrogen) atoms. The topological polar surface area (TPSA) is 89.5 Å². The molecule has 0 radical (unpaired) electrons. The standard InChI is InChI=1S/C28H32N6O2/c1-3-25(35)33(17-15-21-8-7-16-32(21)2)34-18-24(26-27(29)30-19-31-28(26)34)20-11-13-23(14-12-20)36-22-9-5-4-6-10-22/h4-6,9-14,18-19,21H,3,7-8,15-17H2,1-2H3,(H2,29,30,31). The van der Waals surface area contributed by atoms with Crippen molar-refractivity contribution in [1.29, 1.82) is 0 Å². The highest BCUT2D eigenvalue weighted by atomic mass is 16.5. The summed E-state index contributed by atoms with van der Waals surface area (Å²) in [5, 5.41) is 2.54. The first kappa shape index (κ1) is 23.8. The van der Waals surface area contributed by atoms with Crippen molar-refractivity contribution in [1.82, 2.24) is 19.5 Å². The summed E-state index contributed by atoms with van der Waals surface area (Å²) < 4.78 is 7.81. The lowest BCUT2D eigenvalue weighted by atomic mass is 10.1. The van der Waals surface area contributed by atoms with E-state index in [-0.39, 0.29) is 5.91 Å². The zero-order chi connectivity index (χ0) is 25.1. The summed E-state index contributed by atoms with van der Waals surface area (Å²) in [5.41, 5.74) is 8.79. The Morgan fingerprint density at radius 2 is 1.86 bits per heavy atom. The second-order valence-corrected chi connectivity index (χ2v) is 9.22. The molecule has 0 bridgehead atoms. The lowest BCUT2D eigenvalue weighted by Crippen LogP contribution is -2.42. The Hall–Kier alpha value is -3.91. The summed E-state index contributed by atoms with van der Waals surface area (Å²) in [6.45, 7) is 3.60. The van der Waals surface area contributed by atoms with Gasteiger partial charge in [-0.3, -0.25) is 4.79 Å². The summed E-state index contributed by atoms with van der Waals surface area (Å²) >= 11 is 0. The third-order valence-electron chi connectivity index (χ3n) is 6.93. The maximum Gasteiger partial charge on any atom is 0.241 e. The quantitative estimate of drug-likeness (QED) is 0.385. The molecule has 3 heterocycles. The molecule has 1 fully saturated rings. The average Bonchev–Trinajstić information content (AvgIpc) is 3.49. The summed E-state index contributed by atoms with van der Waals surface area (Å²) in [6, 6.07) is 18.0. The van der Waals surface area contributed by atoms with E-state index in [4.69, 9.17) is 10.5 Å². The highest BCUT2D eigenvalue weighted by Crippen LogP contribution is 2.34. The van der Waals surface area contributed by atoms with E-state index in [0.29, 0.717) is 30.5 Å². The summed E-state index contributed by atoms with van der Waals surface area (Å²) in [4.78, 5) is 24.3. The van der Waals surface area contributed by atoms with Crippen LogP contribution in [0.1, 0.15) is 32.6 Å². The number of likely N-dealkylation sites (tertiary alicyclic amines) is 1. The third kappa shape index (κ3) is 4.77. The number of nitrogens with zero attached hydrogens (tertiary/aromatic N) is 5. The minimum Gasteiger partial charge on any atom is -0.457 e. The molecule has 1 aliphatic heterocycles. The molecule has 2 N–H and O–H groups in total. The van der Waals surface area contributed by atoms with Gasteiger partial charge in [0.25, 0.3) is 0 Å². The number of para-hydroxylation sites is 1. The lowest BCUT2D eigenvalue weighted by molar-refractivity contribution is -0.119. The van der Waals surface area contributed by atoms with Gasteiger partial charge in [-0.1, -0.05) is 37.3 Å². The number of carbonyl (C=O) groups excluding carboxylic acids is 1. The van der Waals surface area contributed by atoms with Crippen molar-refractivity contribution in [3.8, 4) is 22.6 Å². The van der Waals surface area contributed by atoms with Crippen LogP contribution in [0.25, 0.3) is 22.2 Å². The number of ether oxygens (including phenoxy) is 1. The van der Waals surface area contributed by atoms with E-state index in [2.05, 4.69) is 21.9 Å². The summed E-state index contributed by atoms with van der Waals surface area (Å²) in [5.74, 6) is 1.95. The minimum atomic E-state index is 0.0443. The zero-order valence-electron chi connectivity index (χ0n) is 20.8. The molecule has 2 aromatic heterocycles. The molecular formula is C28H32N6O2. The molecule has 5 rings (SSSR count). The van der Waals surface area contributed by atoms with Crippen LogP contribution in [0.5, 0.6) is 11.5 Å². The van der Waals surface area contributed by atoms with Crippen LogP contribution in [0.3, 0.4) is 0 Å². The van der Waals surface area contributed by atoms with Crippen molar-refractivity contribution in [2.75, 3.05) is 30.9 Å².